The molecule has 21 heavy (non-hydrogen) atoms. The van der Waals surface area contributed by atoms with Gasteiger partial charge in [-0.25, -0.2) is 4.98 Å². The van der Waals surface area contributed by atoms with E-state index < -0.39 is 5.91 Å². The van der Waals surface area contributed by atoms with Crippen LogP contribution in [0.1, 0.15) is 41.0 Å². The summed E-state index contributed by atoms with van der Waals surface area (Å²) in [5.41, 5.74) is 6.69. The highest BCUT2D eigenvalue weighted by Crippen LogP contribution is 2.28. The van der Waals surface area contributed by atoms with E-state index in [4.69, 9.17) is 10.5 Å². The fraction of sp³-hybridized carbons (Fsp3) is 0.500. The highest BCUT2D eigenvalue weighted by molar-refractivity contribution is 7.18. The average Bonchev–Trinajstić information content (AvgIpc) is 2.71. The van der Waals surface area contributed by atoms with Crippen molar-refractivity contribution < 1.29 is 9.53 Å². The molecule has 0 aliphatic carbocycles. The van der Waals surface area contributed by atoms with Crippen LogP contribution in [0.25, 0.3) is 10.2 Å². The van der Waals surface area contributed by atoms with Gasteiger partial charge < -0.3 is 10.5 Å². The van der Waals surface area contributed by atoms with Crippen molar-refractivity contribution in [2.24, 2.45) is 11.7 Å². The minimum atomic E-state index is -0.404. The van der Waals surface area contributed by atoms with Crippen molar-refractivity contribution in [1.29, 1.82) is 0 Å². The molecule has 2 aromatic rings. The maximum atomic E-state index is 11.4. The molecule has 112 valence electrons. The Hall–Kier alpha value is -1.46. The molecule has 2 heterocycles. The van der Waals surface area contributed by atoms with Crippen LogP contribution in [0.15, 0.2) is 18.2 Å². The lowest BCUT2D eigenvalue weighted by atomic mass is 9.95. The number of hydrogen-bond acceptors (Lipinski definition) is 4. The Morgan fingerprint density at radius 3 is 3.14 bits per heavy atom. The number of para-hydroxylation sites is 1. The van der Waals surface area contributed by atoms with Gasteiger partial charge in [0.1, 0.15) is 0 Å². The van der Waals surface area contributed by atoms with Gasteiger partial charge >= 0.3 is 0 Å². The van der Waals surface area contributed by atoms with E-state index in [0.29, 0.717) is 5.56 Å². The van der Waals surface area contributed by atoms with E-state index in [1.165, 1.54) is 6.42 Å². The van der Waals surface area contributed by atoms with Crippen molar-refractivity contribution in [3.8, 4) is 0 Å². The first-order chi connectivity index (χ1) is 10.2. The molecule has 1 amide bonds. The summed E-state index contributed by atoms with van der Waals surface area (Å²) in [7, 11) is 0. The lowest BCUT2D eigenvalue weighted by Gasteiger charge is -2.11. The second-order valence-electron chi connectivity index (χ2n) is 5.57. The van der Waals surface area contributed by atoms with Crippen LogP contribution in [-0.4, -0.2) is 24.1 Å². The van der Waals surface area contributed by atoms with E-state index in [1.807, 2.05) is 12.1 Å². The molecule has 0 bridgehead atoms. The number of thiazole rings is 1. The zero-order chi connectivity index (χ0) is 14.7. The first-order valence-corrected chi connectivity index (χ1v) is 8.31. The predicted octanol–water partition coefficient (Wildman–Crippen LogP) is 3.14. The third-order valence-electron chi connectivity index (χ3n) is 4.07. The second kappa shape index (κ2) is 6.54. The molecule has 1 aromatic heterocycles. The Morgan fingerprint density at radius 1 is 1.38 bits per heavy atom. The van der Waals surface area contributed by atoms with Gasteiger partial charge in [0.05, 0.1) is 20.8 Å². The maximum absolute atomic E-state index is 11.4. The number of nitrogens with two attached hydrogens (primary N) is 1. The van der Waals surface area contributed by atoms with E-state index in [9.17, 15) is 4.79 Å². The Kier molecular flexibility index (Phi) is 4.51. The SMILES string of the molecule is NC(=O)c1cccc2sc(CCC3CCCOCC3)nc12. The Bertz CT molecular complexity index is 630. The summed E-state index contributed by atoms with van der Waals surface area (Å²) in [5.74, 6) is 0.327. The number of aromatic nitrogens is 1. The van der Waals surface area contributed by atoms with Crippen molar-refractivity contribution in [3.05, 3.63) is 28.8 Å². The van der Waals surface area contributed by atoms with E-state index in [2.05, 4.69) is 4.98 Å². The number of fused-ring (bicyclic) bond motifs is 1. The molecule has 1 aliphatic heterocycles. The van der Waals surface area contributed by atoms with Gasteiger partial charge in [-0.1, -0.05) is 6.07 Å². The van der Waals surface area contributed by atoms with Crippen LogP contribution in [-0.2, 0) is 11.2 Å². The number of hydrogen-bond donors (Lipinski definition) is 1. The largest absolute Gasteiger partial charge is 0.381 e. The van der Waals surface area contributed by atoms with Crippen LogP contribution in [0, 0.1) is 5.92 Å². The van der Waals surface area contributed by atoms with Crippen LogP contribution in [0.4, 0.5) is 0 Å². The van der Waals surface area contributed by atoms with E-state index in [-0.39, 0.29) is 0 Å². The molecule has 0 radical (unpaired) electrons. The summed E-state index contributed by atoms with van der Waals surface area (Å²) in [6.07, 6.45) is 5.68. The van der Waals surface area contributed by atoms with Gasteiger partial charge in [0.2, 0.25) is 0 Å². The lowest BCUT2D eigenvalue weighted by molar-refractivity contribution is 0.100. The van der Waals surface area contributed by atoms with Crippen LogP contribution in [0.3, 0.4) is 0 Å². The van der Waals surface area contributed by atoms with Crippen LogP contribution in [0.5, 0.6) is 0 Å². The zero-order valence-electron chi connectivity index (χ0n) is 12.0. The van der Waals surface area contributed by atoms with Crippen molar-refractivity contribution >= 4 is 27.5 Å². The summed E-state index contributed by atoms with van der Waals surface area (Å²) < 4.78 is 6.55. The molecule has 1 atom stereocenters. The lowest BCUT2D eigenvalue weighted by Crippen LogP contribution is -2.11. The molecular weight excluding hydrogens is 284 g/mol. The van der Waals surface area contributed by atoms with Gasteiger partial charge in [0.15, 0.2) is 0 Å². The molecular formula is C16H20N2O2S. The normalized spacial score (nSPS) is 19.5. The smallest absolute Gasteiger partial charge is 0.250 e. The molecule has 3 rings (SSSR count). The number of benzene rings is 1. The number of carbonyl (C=O) groups is 1. The average molecular weight is 304 g/mol. The van der Waals surface area contributed by atoms with Crippen molar-refractivity contribution in [3.63, 3.8) is 0 Å². The van der Waals surface area contributed by atoms with Gasteiger partial charge in [-0.2, -0.15) is 0 Å². The summed E-state index contributed by atoms with van der Waals surface area (Å²) in [4.78, 5) is 16.1. The Balaban J connectivity index is 1.72. The number of ether oxygens (including phenoxy) is 1. The van der Waals surface area contributed by atoms with Crippen molar-refractivity contribution in [2.45, 2.75) is 32.1 Å². The second-order valence-corrected chi connectivity index (χ2v) is 6.69. The van der Waals surface area contributed by atoms with Gasteiger partial charge in [0, 0.05) is 13.2 Å². The standard InChI is InChI=1S/C16H20N2O2S/c17-16(19)12-4-1-5-13-15(12)18-14(21-13)7-6-11-3-2-9-20-10-8-11/h1,4-5,11H,2-3,6-10H2,(H2,17,19). The monoisotopic (exact) mass is 304 g/mol. The third kappa shape index (κ3) is 3.41. The quantitative estimate of drug-likeness (QED) is 0.943. The van der Waals surface area contributed by atoms with Crippen LogP contribution < -0.4 is 5.73 Å². The predicted molar refractivity (Wildman–Crippen MR) is 84.6 cm³/mol. The minimum Gasteiger partial charge on any atom is -0.381 e. The van der Waals surface area contributed by atoms with Gasteiger partial charge in [0.25, 0.3) is 5.91 Å². The van der Waals surface area contributed by atoms with Gasteiger partial charge in [-0.15, -0.1) is 11.3 Å². The maximum Gasteiger partial charge on any atom is 0.250 e. The first kappa shape index (κ1) is 14.5. The van der Waals surface area contributed by atoms with E-state index in [0.717, 1.165) is 60.0 Å². The van der Waals surface area contributed by atoms with Crippen molar-refractivity contribution in [2.75, 3.05) is 13.2 Å². The molecule has 4 nitrogen and oxygen atoms in total. The number of nitrogens with zero attached hydrogens (tertiary/aromatic N) is 1. The first-order valence-electron chi connectivity index (χ1n) is 7.50. The Morgan fingerprint density at radius 2 is 2.29 bits per heavy atom. The highest BCUT2D eigenvalue weighted by atomic mass is 32.1. The molecule has 1 aromatic carbocycles. The molecule has 1 saturated heterocycles. The molecule has 1 aliphatic rings. The molecule has 2 N–H and O–H groups in total. The fourth-order valence-electron chi connectivity index (χ4n) is 2.89. The van der Waals surface area contributed by atoms with Crippen molar-refractivity contribution in [1.82, 2.24) is 4.98 Å². The Labute approximate surface area is 128 Å². The van der Waals surface area contributed by atoms with E-state index >= 15 is 0 Å². The van der Waals surface area contributed by atoms with Gasteiger partial charge in [-0.3, -0.25) is 4.79 Å². The van der Waals surface area contributed by atoms with Crippen LogP contribution >= 0.6 is 11.3 Å². The summed E-state index contributed by atoms with van der Waals surface area (Å²) >= 11 is 1.67. The summed E-state index contributed by atoms with van der Waals surface area (Å²) in [6.45, 7) is 1.79. The zero-order valence-corrected chi connectivity index (χ0v) is 12.8. The minimum absolute atomic E-state index is 0.404. The topological polar surface area (TPSA) is 65.2 Å². The molecule has 0 saturated carbocycles. The molecule has 0 spiro atoms. The molecule has 1 fully saturated rings. The number of amides is 1. The highest BCUT2D eigenvalue weighted by Gasteiger charge is 2.15. The van der Waals surface area contributed by atoms with Crippen LogP contribution in [0.2, 0.25) is 0 Å². The summed E-state index contributed by atoms with van der Waals surface area (Å²) in [5, 5.41) is 1.10. The fourth-order valence-corrected chi connectivity index (χ4v) is 3.90. The third-order valence-corrected chi connectivity index (χ3v) is 5.15. The molecule has 5 heteroatoms. The number of rotatable bonds is 4. The summed E-state index contributed by atoms with van der Waals surface area (Å²) in [6, 6.07) is 5.62. The molecule has 1 unspecified atom stereocenters. The number of carbonyl (C=O) groups excluding carboxylic acids is 1. The van der Waals surface area contributed by atoms with E-state index in [1.54, 1.807) is 17.4 Å². The number of primary amides is 1. The number of aryl methyl sites for hydroxylation is 1. The van der Waals surface area contributed by atoms with Gasteiger partial charge in [-0.05, 0) is 50.2 Å².